The Balaban J connectivity index is 1.30. The summed E-state index contributed by atoms with van der Waals surface area (Å²) >= 11 is 1.27. The van der Waals surface area contributed by atoms with Crippen molar-refractivity contribution in [3.8, 4) is 22.1 Å². The Morgan fingerprint density at radius 1 is 1.03 bits per heavy atom. The third kappa shape index (κ3) is 7.52. The normalized spacial score (nSPS) is 11.9. The molecule has 0 saturated carbocycles. The number of nitrogens with zero attached hydrogens (tertiary/aromatic N) is 3. The first kappa shape index (κ1) is 27.5. The highest BCUT2D eigenvalue weighted by atomic mass is 32.1. The van der Waals surface area contributed by atoms with E-state index in [2.05, 4.69) is 22.4 Å². The maximum atomic E-state index is 13.2. The third-order valence-corrected chi connectivity index (χ3v) is 7.16. The molecule has 1 aromatic heterocycles. The van der Waals surface area contributed by atoms with Crippen LogP contribution in [-0.2, 0) is 16.0 Å². The summed E-state index contributed by atoms with van der Waals surface area (Å²) in [4.78, 5) is 27.5. The molecule has 202 valence electrons. The van der Waals surface area contributed by atoms with Crippen LogP contribution in [0, 0.1) is 0 Å². The highest BCUT2D eigenvalue weighted by molar-refractivity contribution is 7.18. The fourth-order valence-corrected chi connectivity index (χ4v) is 4.86. The lowest BCUT2D eigenvalue weighted by atomic mass is 10.0. The number of rotatable bonds is 14. The Labute approximate surface area is 227 Å². The fraction of sp³-hybridized carbons (Fsp3) is 0.429. The molecule has 4 rings (SSSR count). The highest BCUT2D eigenvalue weighted by Crippen LogP contribution is 2.37. The Morgan fingerprint density at radius 3 is 2.63 bits per heavy atom. The maximum absolute atomic E-state index is 13.2. The smallest absolute Gasteiger partial charge is 0.253 e. The molecule has 0 spiro atoms. The van der Waals surface area contributed by atoms with E-state index in [0.29, 0.717) is 40.4 Å². The van der Waals surface area contributed by atoms with E-state index in [1.54, 1.807) is 12.0 Å². The molecule has 1 aliphatic rings. The lowest BCUT2D eigenvalue weighted by molar-refractivity contribution is -0.116. The summed E-state index contributed by atoms with van der Waals surface area (Å²) < 4.78 is 15.9. The van der Waals surface area contributed by atoms with Crippen LogP contribution in [0.25, 0.3) is 10.6 Å². The molecule has 0 fully saturated rings. The molecule has 0 bridgehead atoms. The standard InChI is InChI=1S/C28H34N4O5S/c1-3-4-5-6-7-20-8-10-21(11-9-20)27(34)32(16-17-35-2)15-14-25(33)29-28-31-30-26(38-28)22-12-13-23-24(18-22)37-19-36-23/h8-13,18H,3-7,14-17,19H2,1-2H3,(H,29,31,33). The van der Waals surface area contributed by atoms with Crippen molar-refractivity contribution in [1.29, 1.82) is 0 Å². The number of hydrogen-bond donors (Lipinski definition) is 1. The van der Waals surface area contributed by atoms with Gasteiger partial charge in [-0.25, -0.2) is 0 Å². The van der Waals surface area contributed by atoms with Crippen LogP contribution in [0.4, 0.5) is 5.13 Å². The molecule has 2 heterocycles. The number of nitrogens with one attached hydrogen (secondary N) is 1. The van der Waals surface area contributed by atoms with E-state index in [4.69, 9.17) is 14.2 Å². The molecule has 1 aliphatic heterocycles. The minimum Gasteiger partial charge on any atom is -0.454 e. The number of ether oxygens (including phenoxy) is 3. The number of methoxy groups -OCH3 is 1. The van der Waals surface area contributed by atoms with E-state index < -0.39 is 0 Å². The number of unbranched alkanes of at least 4 members (excludes halogenated alkanes) is 3. The Bertz CT molecular complexity index is 1210. The fourth-order valence-electron chi connectivity index (χ4n) is 4.11. The van der Waals surface area contributed by atoms with Crippen LogP contribution in [-0.4, -0.2) is 60.5 Å². The van der Waals surface area contributed by atoms with Gasteiger partial charge in [0.15, 0.2) is 11.5 Å². The van der Waals surface area contributed by atoms with Crippen LogP contribution in [0.3, 0.4) is 0 Å². The van der Waals surface area contributed by atoms with Gasteiger partial charge in [-0.15, -0.1) is 10.2 Å². The molecule has 0 saturated heterocycles. The van der Waals surface area contributed by atoms with Gasteiger partial charge in [0.25, 0.3) is 5.91 Å². The van der Waals surface area contributed by atoms with Gasteiger partial charge in [0, 0.05) is 37.7 Å². The molecule has 1 N–H and O–H groups in total. The van der Waals surface area contributed by atoms with Gasteiger partial charge in [-0.3, -0.25) is 9.59 Å². The average Bonchev–Trinajstić information content (AvgIpc) is 3.60. The highest BCUT2D eigenvalue weighted by Gasteiger charge is 2.19. The second-order valence-corrected chi connectivity index (χ2v) is 10.0. The van der Waals surface area contributed by atoms with Crippen LogP contribution in [0.2, 0.25) is 0 Å². The van der Waals surface area contributed by atoms with E-state index in [9.17, 15) is 9.59 Å². The van der Waals surface area contributed by atoms with Crippen molar-refractivity contribution in [3.63, 3.8) is 0 Å². The number of benzene rings is 2. The number of carbonyl (C=O) groups is 2. The number of carbonyl (C=O) groups excluding carboxylic acids is 2. The van der Waals surface area contributed by atoms with Crippen LogP contribution in [0.15, 0.2) is 42.5 Å². The van der Waals surface area contributed by atoms with Gasteiger partial charge in [0.1, 0.15) is 5.01 Å². The Hall–Kier alpha value is -3.50. The number of amides is 2. The van der Waals surface area contributed by atoms with Gasteiger partial charge >= 0.3 is 0 Å². The first-order chi connectivity index (χ1) is 18.6. The SMILES string of the molecule is CCCCCCc1ccc(C(=O)N(CCOC)CCC(=O)Nc2nnc(-c3ccc4c(c3)OCO4)s2)cc1. The summed E-state index contributed by atoms with van der Waals surface area (Å²) in [5.74, 6) is 0.993. The maximum Gasteiger partial charge on any atom is 0.253 e. The van der Waals surface area contributed by atoms with Gasteiger partial charge in [-0.2, -0.15) is 0 Å². The average molecular weight is 539 g/mol. The molecule has 2 aromatic carbocycles. The summed E-state index contributed by atoms with van der Waals surface area (Å²) in [6, 6.07) is 13.3. The van der Waals surface area contributed by atoms with E-state index in [0.717, 1.165) is 18.4 Å². The molecule has 2 amide bonds. The van der Waals surface area contributed by atoms with Crippen molar-refractivity contribution in [2.45, 2.75) is 45.4 Å². The molecule has 38 heavy (non-hydrogen) atoms. The summed E-state index contributed by atoms with van der Waals surface area (Å²) in [6.45, 7) is 3.45. The number of aromatic nitrogens is 2. The molecular formula is C28H34N4O5S. The molecular weight excluding hydrogens is 504 g/mol. The van der Waals surface area contributed by atoms with Crippen molar-refractivity contribution in [2.75, 3.05) is 38.9 Å². The van der Waals surface area contributed by atoms with E-state index in [1.165, 1.54) is 36.2 Å². The Kier molecular flexibility index (Phi) is 10.1. The minimum absolute atomic E-state index is 0.117. The van der Waals surface area contributed by atoms with Gasteiger partial charge in [0.05, 0.1) is 6.61 Å². The predicted molar refractivity (Wildman–Crippen MR) is 147 cm³/mol. The number of anilines is 1. The number of hydrogen-bond acceptors (Lipinski definition) is 8. The van der Waals surface area contributed by atoms with Crippen molar-refractivity contribution < 1.29 is 23.8 Å². The topological polar surface area (TPSA) is 103 Å². The molecule has 0 radical (unpaired) electrons. The van der Waals surface area contributed by atoms with Crippen LogP contribution in [0.5, 0.6) is 11.5 Å². The molecule has 0 unspecified atom stereocenters. The van der Waals surface area contributed by atoms with Crippen molar-refractivity contribution in [3.05, 3.63) is 53.6 Å². The molecule has 0 aliphatic carbocycles. The van der Waals surface area contributed by atoms with Gasteiger partial charge in [-0.1, -0.05) is 49.7 Å². The second kappa shape index (κ2) is 13.9. The Morgan fingerprint density at radius 2 is 1.84 bits per heavy atom. The lowest BCUT2D eigenvalue weighted by Crippen LogP contribution is -2.36. The van der Waals surface area contributed by atoms with E-state index >= 15 is 0 Å². The zero-order valence-electron chi connectivity index (χ0n) is 21.9. The van der Waals surface area contributed by atoms with E-state index in [-0.39, 0.29) is 31.6 Å². The van der Waals surface area contributed by atoms with Gasteiger partial charge in [0.2, 0.25) is 17.8 Å². The third-order valence-electron chi connectivity index (χ3n) is 6.27. The predicted octanol–water partition coefficient (Wildman–Crippen LogP) is 5.17. The zero-order chi connectivity index (χ0) is 26.7. The van der Waals surface area contributed by atoms with Crippen LogP contribution >= 0.6 is 11.3 Å². The van der Waals surface area contributed by atoms with Crippen molar-refractivity contribution >= 4 is 28.3 Å². The molecule has 3 aromatic rings. The monoisotopic (exact) mass is 538 g/mol. The largest absolute Gasteiger partial charge is 0.454 e. The minimum atomic E-state index is -0.240. The quantitative estimate of drug-likeness (QED) is 0.282. The molecule has 0 atom stereocenters. The molecule has 9 nitrogen and oxygen atoms in total. The van der Waals surface area contributed by atoms with Crippen molar-refractivity contribution in [2.24, 2.45) is 0 Å². The summed E-state index contributed by atoms with van der Waals surface area (Å²) in [5.41, 5.74) is 2.67. The number of fused-ring (bicyclic) bond motifs is 1. The van der Waals surface area contributed by atoms with Gasteiger partial charge < -0.3 is 24.4 Å². The second-order valence-electron chi connectivity index (χ2n) is 9.07. The van der Waals surface area contributed by atoms with Crippen LogP contribution in [0.1, 0.15) is 54.9 Å². The first-order valence-electron chi connectivity index (χ1n) is 13.0. The summed E-state index contributed by atoms with van der Waals surface area (Å²) in [6.07, 6.45) is 5.99. The number of aryl methyl sites for hydroxylation is 1. The summed E-state index contributed by atoms with van der Waals surface area (Å²) in [5, 5.41) is 12.1. The first-order valence-corrected chi connectivity index (χ1v) is 13.8. The van der Waals surface area contributed by atoms with E-state index in [1.807, 2.05) is 42.5 Å². The lowest BCUT2D eigenvalue weighted by Gasteiger charge is -2.22. The van der Waals surface area contributed by atoms with Crippen LogP contribution < -0.4 is 14.8 Å². The van der Waals surface area contributed by atoms with Crippen molar-refractivity contribution in [1.82, 2.24) is 15.1 Å². The van der Waals surface area contributed by atoms with Gasteiger partial charge in [-0.05, 0) is 48.7 Å². The molecule has 10 heteroatoms. The summed E-state index contributed by atoms with van der Waals surface area (Å²) in [7, 11) is 1.59. The zero-order valence-corrected chi connectivity index (χ0v) is 22.7.